The quantitative estimate of drug-likeness (QED) is 0.150. The fourth-order valence-corrected chi connectivity index (χ4v) is 4.12. The van der Waals surface area contributed by atoms with Crippen LogP contribution in [0.2, 0.25) is 0 Å². The zero-order valence-corrected chi connectivity index (χ0v) is 22.0. The van der Waals surface area contributed by atoms with E-state index in [9.17, 15) is 29.1 Å². The Hall–Kier alpha value is -2.77. The summed E-state index contributed by atoms with van der Waals surface area (Å²) in [5.74, 6) is -3.10. The maximum absolute atomic E-state index is 13.2. The lowest BCUT2D eigenvalue weighted by Crippen LogP contribution is -2.58. The summed E-state index contributed by atoms with van der Waals surface area (Å²) in [7, 11) is 0. The van der Waals surface area contributed by atoms with E-state index >= 15 is 0 Å². The van der Waals surface area contributed by atoms with E-state index < -0.39 is 60.2 Å². The highest BCUT2D eigenvalue weighted by atomic mass is 32.2. The number of rotatable bonds is 17. The van der Waals surface area contributed by atoms with Gasteiger partial charge in [-0.3, -0.25) is 19.2 Å². The fourth-order valence-electron chi connectivity index (χ4n) is 3.16. The Labute approximate surface area is 219 Å². The van der Waals surface area contributed by atoms with Crippen molar-refractivity contribution in [1.29, 1.82) is 0 Å². The van der Waals surface area contributed by atoms with Crippen LogP contribution >= 0.6 is 23.5 Å². The van der Waals surface area contributed by atoms with E-state index in [0.717, 1.165) is 5.56 Å². The lowest BCUT2D eigenvalue weighted by atomic mass is 10.0. The van der Waals surface area contributed by atoms with Gasteiger partial charge < -0.3 is 32.5 Å². The SMILES string of the molecule is CSCCC(N)C(=O)NC(Cc1ccccc1)C(=O)NC(CC(N)=O)C(=O)NC(CCSC)C(=O)O. The number of carboxylic acid groups (broad SMARTS) is 1. The van der Waals surface area contributed by atoms with Crippen LogP contribution in [0.25, 0.3) is 0 Å². The molecule has 4 amide bonds. The minimum Gasteiger partial charge on any atom is -0.480 e. The normalized spacial score (nSPS) is 14.1. The number of carbonyl (C=O) groups is 5. The summed E-state index contributed by atoms with van der Waals surface area (Å²) >= 11 is 2.94. The summed E-state index contributed by atoms with van der Waals surface area (Å²) in [6, 6.07) is 4.35. The molecule has 0 saturated carbocycles. The van der Waals surface area contributed by atoms with Gasteiger partial charge in [0.2, 0.25) is 23.6 Å². The van der Waals surface area contributed by atoms with Crippen LogP contribution in [0.3, 0.4) is 0 Å². The molecule has 200 valence electrons. The van der Waals surface area contributed by atoms with E-state index in [4.69, 9.17) is 11.5 Å². The van der Waals surface area contributed by atoms with E-state index in [0.29, 0.717) is 17.9 Å². The average molecular weight is 542 g/mol. The highest BCUT2D eigenvalue weighted by Crippen LogP contribution is 2.07. The standard InChI is InChI=1S/C23H35N5O6S2/c1-35-10-8-15(24)20(30)27-17(12-14-6-4-3-5-7-14)21(31)28-18(13-19(25)29)22(32)26-16(23(33)34)9-11-36-2/h3-7,15-18H,8-13,24H2,1-2H3,(H2,25,29)(H,26,32)(H,27,30)(H,28,31)(H,33,34). The summed E-state index contributed by atoms with van der Waals surface area (Å²) in [4.78, 5) is 61.7. The molecule has 4 unspecified atom stereocenters. The molecule has 13 heteroatoms. The first kappa shape index (κ1) is 31.3. The van der Waals surface area contributed by atoms with Crippen molar-refractivity contribution >= 4 is 53.1 Å². The molecule has 0 heterocycles. The van der Waals surface area contributed by atoms with Crippen molar-refractivity contribution in [1.82, 2.24) is 16.0 Å². The number of nitrogens with two attached hydrogens (primary N) is 2. The first-order valence-corrected chi connectivity index (χ1v) is 14.1. The number of carbonyl (C=O) groups excluding carboxylic acids is 4. The van der Waals surface area contributed by atoms with Crippen LogP contribution in [-0.2, 0) is 30.4 Å². The summed E-state index contributed by atoms with van der Waals surface area (Å²) in [6.07, 6.45) is 3.79. The predicted molar refractivity (Wildman–Crippen MR) is 141 cm³/mol. The lowest BCUT2D eigenvalue weighted by molar-refractivity contribution is -0.142. The van der Waals surface area contributed by atoms with Gasteiger partial charge in [-0.1, -0.05) is 30.3 Å². The van der Waals surface area contributed by atoms with Gasteiger partial charge in [-0.2, -0.15) is 23.5 Å². The van der Waals surface area contributed by atoms with Crippen LogP contribution in [0.1, 0.15) is 24.8 Å². The fraction of sp³-hybridized carbons (Fsp3) is 0.522. The van der Waals surface area contributed by atoms with E-state index in [2.05, 4.69) is 16.0 Å². The Morgan fingerprint density at radius 2 is 1.36 bits per heavy atom. The maximum atomic E-state index is 13.2. The summed E-state index contributed by atoms with van der Waals surface area (Å²) in [6.45, 7) is 0. The number of primary amides is 1. The molecule has 8 N–H and O–H groups in total. The van der Waals surface area contributed by atoms with Crippen LogP contribution in [-0.4, -0.2) is 82.9 Å². The molecule has 0 aliphatic carbocycles. The Bertz CT molecular complexity index is 889. The first-order valence-electron chi connectivity index (χ1n) is 11.3. The van der Waals surface area contributed by atoms with E-state index in [1.54, 1.807) is 36.6 Å². The molecule has 1 aromatic carbocycles. The van der Waals surface area contributed by atoms with Gasteiger partial charge in [0.05, 0.1) is 12.5 Å². The minimum atomic E-state index is -1.42. The summed E-state index contributed by atoms with van der Waals surface area (Å²) in [5, 5.41) is 16.8. The third-order valence-corrected chi connectivity index (χ3v) is 6.44. The monoisotopic (exact) mass is 541 g/mol. The van der Waals surface area contributed by atoms with Crippen molar-refractivity contribution in [3.8, 4) is 0 Å². The molecule has 0 aliphatic rings. The van der Waals surface area contributed by atoms with Crippen LogP contribution in [0.4, 0.5) is 0 Å². The van der Waals surface area contributed by atoms with Gasteiger partial charge >= 0.3 is 5.97 Å². The number of amides is 4. The van der Waals surface area contributed by atoms with Crippen molar-refractivity contribution in [2.75, 3.05) is 24.0 Å². The highest BCUT2D eigenvalue weighted by molar-refractivity contribution is 7.98. The molecule has 0 fully saturated rings. The number of hydrogen-bond donors (Lipinski definition) is 6. The summed E-state index contributed by atoms with van der Waals surface area (Å²) in [5.41, 5.74) is 12.0. The van der Waals surface area contributed by atoms with Crippen LogP contribution < -0.4 is 27.4 Å². The van der Waals surface area contributed by atoms with Gasteiger partial charge in [-0.25, -0.2) is 4.79 Å². The Kier molecular flexibility index (Phi) is 14.6. The highest BCUT2D eigenvalue weighted by Gasteiger charge is 2.31. The van der Waals surface area contributed by atoms with Crippen molar-refractivity contribution in [2.24, 2.45) is 11.5 Å². The first-order chi connectivity index (χ1) is 17.1. The molecular weight excluding hydrogens is 506 g/mol. The van der Waals surface area contributed by atoms with Gasteiger partial charge in [0.25, 0.3) is 0 Å². The zero-order chi connectivity index (χ0) is 27.1. The van der Waals surface area contributed by atoms with E-state index in [1.165, 1.54) is 23.5 Å². The second kappa shape index (κ2) is 16.8. The molecule has 1 aromatic rings. The molecule has 0 aromatic heterocycles. The molecule has 0 saturated heterocycles. The molecule has 1 rings (SSSR count). The molecule has 0 spiro atoms. The topological polar surface area (TPSA) is 194 Å². The number of carboxylic acids is 1. The van der Waals surface area contributed by atoms with Gasteiger partial charge in [0, 0.05) is 6.42 Å². The van der Waals surface area contributed by atoms with Crippen molar-refractivity contribution in [3.05, 3.63) is 35.9 Å². The van der Waals surface area contributed by atoms with E-state index in [1.807, 2.05) is 6.26 Å². The smallest absolute Gasteiger partial charge is 0.326 e. The zero-order valence-electron chi connectivity index (χ0n) is 20.4. The molecule has 4 atom stereocenters. The largest absolute Gasteiger partial charge is 0.480 e. The lowest BCUT2D eigenvalue weighted by Gasteiger charge is -2.25. The minimum absolute atomic E-state index is 0.101. The third kappa shape index (κ3) is 11.8. The predicted octanol–water partition coefficient (Wildman–Crippen LogP) is -0.523. The van der Waals surface area contributed by atoms with Gasteiger partial charge in [0.15, 0.2) is 0 Å². The van der Waals surface area contributed by atoms with Gasteiger partial charge in [-0.05, 0) is 42.4 Å². The second-order valence-corrected chi connectivity index (χ2v) is 10.0. The number of aliphatic carboxylic acids is 1. The average Bonchev–Trinajstić information content (AvgIpc) is 2.84. The molecule has 0 radical (unpaired) electrons. The molecule has 0 aliphatic heterocycles. The molecule has 36 heavy (non-hydrogen) atoms. The van der Waals surface area contributed by atoms with Crippen molar-refractivity contribution in [2.45, 2.75) is 49.9 Å². The number of nitrogens with one attached hydrogen (secondary N) is 3. The molecular formula is C23H35N5O6S2. The summed E-state index contributed by atoms with van der Waals surface area (Å²) < 4.78 is 0. The second-order valence-electron chi connectivity index (χ2n) is 8.05. The third-order valence-electron chi connectivity index (χ3n) is 5.15. The van der Waals surface area contributed by atoms with Gasteiger partial charge in [-0.15, -0.1) is 0 Å². The molecule has 0 bridgehead atoms. The Morgan fingerprint density at radius 1 is 0.833 bits per heavy atom. The molecule has 11 nitrogen and oxygen atoms in total. The van der Waals surface area contributed by atoms with Crippen molar-refractivity contribution < 1.29 is 29.1 Å². The number of thioether (sulfide) groups is 2. The maximum Gasteiger partial charge on any atom is 0.326 e. The van der Waals surface area contributed by atoms with Gasteiger partial charge in [0.1, 0.15) is 18.1 Å². The van der Waals surface area contributed by atoms with Crippen LogP contribution in [0.5, 0.6) is 0 Å². The van der Waals surface area contributed by atoms with Crippen LogP contribution in [0.15, 0.2) is 30.3 Å². The number of benzene rings is 1. The van der Waals surface area contributed by atoms with Crippen LogP contribution in [0, 0.1) is 0 Å². The van der Waals surface area contributed by atoms with E-state index in [-0.39, 0.29) is 12.8 Å². The number of hydrogen-bond acceptors (Lipinski definition) is 8. The van der Waals surface area contributed by atoms with Crippen molar-refractivity contribution in [3.63, 3.8) is 0 Å². The Morgan fingerprint density at radius 3 is 1.92 bits per heavy atom. The Balaban J connectivity index is 3.06.